The summed E-state index contributed by atoms with van der Waals surface area (Å²) in [5.41, 5.74) is 0. The van der Waals surface area contributed by atoms with Crippen LogP contribution < -0.4 is 0 Å². The van der Waals surface area contributed by atoms with Crippen LogP contribution >= 0.6 is 32.2 Å². The molecule has 37 heavy (non-hydrogen) atoms. The van der Waals surface area contributed by atoms with Crippen molar-refractivity contribution in [2.24, 2.45) is 0 Å². The van der Waals surface area contributed by atoms with Crippen LogP contribution in [0.15, 0.2) is 0 Å². The fourth-order valence-electron chi connectivity index (χ4n) is 0. The minimum Gasteiger partial charge on any atom is -0.394 e. The van der Waals surface area contributed by atoms with Crippen molar-refractivity contribution < 1.29 is 32.0 Å². The summed E-state index contributed by atoms with van der Waals surface area (Å²) < 4.78 is 38.6. The number of carbonyl (C=O) groups is 1. The third-order valence-electron chi connectivity index (χ3n) is 0. The minimum atomic E-state index is -2.67. The van der Waals surface area contributed by atoms with Crippen molar-refractivity contribution in [1.29, 1.82) is 0 Å². The van der Waals surface area contributed by atoms with Gasteiger partial charge < -0.3 is 14.8 Å². The Balaban J connectivity index is -0.0000000135. The van der Waals surface area contributed by atoms with Crippen molar-refractivity contribution in [3.63, 3.8) is 0 Å². The molecule has 0 aromatic heterocycles. The first kappa shape index (κ1) is 90.5. The zero-order chi connectivity index (χ0) is 26.9. The molecule has 0 aliphatic rings. The second-order valence-electron chi connectivity index (χ2n) is 7.18. The van der Waals surface area contributed by atoms with Crippen molar-refractivity contribution in [1.82, 2.24) is 0 Å². The van der Waals surface area contributed by atoms with Crippen molar-refractivity contribution in [3.8, 4) is 0 Å². The number of ketones is 1. The SMILES string of the molecule is C.C.C.C.C.C.C.CC(C)=O.CC(C)=S.CC(C)O.CC(C)S.CP(C)(=O)O.CS(C)(=O)=O.CS(C)=O. The Labute approximate surface area is 251 Å². The molecule has 0 aromatic rings. The highest BCUT2D eigenvalue weighted by atomic mass is 32.2. The molecule has 0 fully saturated rings. The number of thiocarbonyl (C=S) groups is 1. The van der Waals surface area contributed by atoms with E-state index < -0.39 is 28.0 Å². The number of thiol groups is 1. The summed E-state index contributed by atoms with van der Waals surface area (Å²) in [5.74, 6) is 0.167. The van der Waals surface area contributed by atoms with Gasteiger partial charge in [-0.2, -0.15) is 12.6 Å². The van der Waals surface area contributed by atoms with Gasteiger partial charge in [0, 0.05) is 55.3 Å². The van der Waals surface area contributed by atoms with Crippen LogP contribution in [0.25, 0.3) is 0 Å². The molecule has 0 bridgehead atoms. The fraction of sp³-hybridized carbons (Fsp3) is 0.920. The standard InChI is InChI=1S/C3H8O.C3H6O.C3H8S.C3H6S.C2H7O2P.C2H6O2S.C2H6OS.7CH4/c4*1-3(2)4;2*1-5(2,3)4;1-4(2)3;;;;;;;/h3-4H,1-2H3;1-2H3;3-4H,1-2H3;1-2H3;1-2H3,(H,3,4);1-2H3;1-2H3;7*1H4. The van der Waals surface area contributed by atoms with Crippen molar-refractivity contribution in [2.75, 3.05) is 38.4 Å². The summed E-state index contributed by atoms with van der Waals surface area (Å²) in [6, 6.07) is 0. The van der Waals surface area contributed by atoms with Gasteiger partial charge in [-0.1, -0.05) is 78.1 Å². The van der Waals surface area contributed by atoms with E-state index in [0.29, 0.717) is 5.25 Å². The summed E-state index contributed by atoms with van der Waals surface area (Å²) in [4.78, 5) is 18.5. The Bertz CT molecular complexity index is 477. The van der Waals surface area contributed by atoms with Crippen LogP contribution in [0.5, 0.6) is 0 Å². The Hall–Kier alpha value is 0.360. The maximum atomic E-state index is 9.77. The van der Waals surface area contributed by atoms with Crippen LogP contribution in [-0.4, -0.2) is 83.0 Å². The average molecular weight is 647 g/mol. The molecule has 0 saturated heterocycles. The fourth-order valence-corrected chi connectivity index (χ4v) is 0. The van der Waals surface area contributed by atoms with Crippen molar-refractivity contribution >= 4 is 63.5 Å². The second kappa shape index (κ2) is 60.7. The van der Waals surface area contributed by atoms with Gasteiger partial charge in [0.05, 0.1) is 0 Å². The van der Waals surface area contributed by atoms with E-state index in [1.807, 2.05) is 27.7 Å². The van der Waals surface area contributed by atoms with Gasteiger partial charge in [-0.05, 0) is 51.7 Å². The van der Waals surface area contributed by atoms with Crippen LogP contribution in [0.4, 0.5) is 0 Å². The maximum Gasteiger partial charge on any atom is 0.194 e. The molecule has 0 spiro atoms. The highest BCUT2D eigenvalue weighted by Gasteiger charge is 1.92. The smallest absolute Gasteiger partial charge is 0.194 e. The lowest BCUT2D eigenvalue weighted by molar-refractivity contribution is -0.115. The molecule has 0 aromatic carbocycles. The lowest BCUT2D eigenvalue weighted by Crippen LogP contribution is -1.86. The van der Waals surface area contributed by atoms with Crippen molar-refractivity contribution in [2.45, 2.75) is 119 Å². The zero-order valence-corrected chi connectivity index (χ0v) is 25.4. The number of carbonyl (C=O) groups excluding carboxylic acids is 1. The van der Waals surface area contributed by atoms with Crippen LogP contribution in [0.1, 0.15) is 107 Å². The van der Waals surface area contributed by atoms with Crippen LogP contribution in [0, 0.1) is 0 Å². The molecule has 0 saturated carbocycles. The Kier molecular flexibility index (Phi) is 149. The number of hydrogen-bond donors (Lipinski definition) is 3. The number of aliphatic hydroxyl groups excluding tert-OH is 1. The molecule has 0 aliphatic heterocycles. The topological polar surface area (TPSA) is 126 Å². The summed E-state index contributed by atoms with van der Waals surface area (Å²) in [7, 11) is -5.92. The summed E-state index contributed by atoms with van der Waals surface area (Å²) in [6.45, 7) is 17.0. The van der Waals surface area contributed by atoms with Gasteiger partial charge in [0.25, 0.3) is 0 Å². The first-order valence-corrected chi connectivity index (χ1v) is 16.4. The highest BCUT2D eigenvalue weighted by Crippen LogP contribution is 2.27. The predicted molar refractivity (Wildman–Crippen MR) is 191 cm³/mol. The highest BCUT2D eigenvalue weighted by molar-refractivity contribution is 7.89. The first-order valence-electron chi connectivity index (χ1n) is 8.64. The molecule has 0 atom stereocenters. The number of sulfone groups is 1. The lowest BCUT2D eigenvalue weighted by atomic mass is 10.5. The third-order valence-corrected chi connectivity index (χ3v) is 0. The summed E-state index contributed by atoms with van der Waals surface area (Å²) >= 11 is 8.50. The van der Waals surface area contributed by atoms with Gasteiger partial charge in [0.2, 0.25) is 0 Å². The monoisotopic (exact) mass is 646 g/mol. The normalized spacial score (nSPS) is 7.46. The van der Waals surface area contributed by atoms with Crippen molar-refractivity contribution in [3.05, 3.63) is 0 Å². The summed E-state index contributed by atoms with van der Waals surface area (Å²) in [6.07, 6.45) is 5.43. The van der Waals surface area contributed by atoms with Gasteiger partial charge >= 0.3 is 0 Å². The van der Waals surface area contributed by atoms with Crippen LogP contribution in [-0.2, 0) is 30.0 Å². The number of rotatable bonds is 0. The maximum absolute atomic E-state index is 9.77. The van der Waals surface area contributed by atoms with Crippen LogP contribution in [0.3, 0.4) is 0 Å². The van der Waals surface area contributed by atoms with E-state index in [0.717, 1.165) is 17.4 Å². The quantitative estimate of drug-likeness (QED) is 0.136. The first-order chi connectivity index (χ1) is 12.7. The molecule has 246 valence electrons. The Morgan fingerprint density at radius 3 is 0.838 bits per heavy atom. The molecule has 7 nitrogen and oxygen atoms in total. The van der Waals surface area contributed by atoms with E-state index in [1.54, 1.807) is 26.4 Å². The molecule has 0 heterocycles. The van der Waals surface area contributed by atoms with Gasteiger partial charge in [-0.15, -0.1) is 0 Å². The lowest BCUT2D eigenvalue weighted by Gasteiger charge is -1.86. The molecule has 0 unspecified atom stereocenters. The number of Topliss-reactive ketones (excluding diaryl/α,β-unsaturated/α-hetero) is 1. The molecule has 0 rings (SSSR count). The molecule has 2 N–H and O–H groups in total. The molecular weight excluding hydrogens is 572 g/mol. The summed E-state index contributed by atoms with van der Waals surface area (Å²) in [5, 5.41) is 8.58. The van der Waals surface area contributed by atoms with Gasteiger partial charge in [-0.3, -0.25) is 8.77 Å². The van der Waals surface area contributed by atoms with E-state index in [1.165, 1.54) is 27.2 Å². The minimum absolute atomic E-state index is 0. The third kappa shape index (κ3) is 331000. The number of aliphatic hydroxyl groups is 1. The van der Waals surface area contributed by atoms with E-state index >= 15 is 0 Å². The molecular formula is C25H75O7PS4. The van der Waals surface area contributed by atoms with E-state index in [9.17, 15) is 22.0 Å². The molecule has 0 radical (unpaired) electrons. The molecule has 0 amide bonds. The second-order valence-corrected chi connectivity index (χ2v) is 15.4. The molecule has 12 heteroatoms. The molecule has 0 aliphatic carbocycles. The van der Waals surface area contributed by atoms with Gasteiger partial charge in [0.15, 0.2) is 7.37 Å². The average Bonchev–Trinajstić information content (AvgIpc) is 2.16. The van der Waals surface area contributed by atoms with E-state index in [-0.39, 0.29) is 63.9 Å². The van der Waals surface area contributed by atoms with E-state index in [2.05, 4.69) is 24.8 Å². The Morgan fingerprint density at radius 1 is 0.838 bits per heavy atom. The largest absolute Gasteiger partial charge is 0.394 e. The van der Waals surface area contributed by atoms with Gasteiger partial charge in [0.1, 0.15) is 15.6 Å². The number of hydrogen-bond acceptors (Lipinski definition) is 8. The van der Waals surface area contributed by atoms with Gasteiger partial charge in [-0.25, -0.2) is 8.42 Å². The van der Waals surface area contributed by atoms with E-state index in [4.69, 9.17) is 10.00 Å². The van der Waals surface area contributed by atoms with Crippen LogP contribution in [0.2, 0.25) is 0 Å². The predicted octanol–water partition coefficient (Wildman–Crippen LogP) is 8.33. The zero-order valence-electron chi connectivity index (χ0n) is 21.2. The Morgan fingerprint density at radius 2 is 0.838 bits per heavy atom.